The summed E-state index contributed by atoms with van der Waals surface area (Å²) in [6.07, 6.45) is 16.7. The molecule has 9 heterocycles. The predicted molar refractivity (Wildman–Crippen MR) is 423 cm³/mol. The van der Waals surface area contributed by atoms with E-state index < -0.39 is 17.4 Å². The number of aromatic nitrogens is 12. The van der Waals surface area contributed by atoms with Gasteiger partial charge in [-0.25, -0.2) is 57.1 Å². The van der Waals surface area contributed by atoms with Gasteiger partial charge in [-0.05, 0) is 154 Å². The van der Waals surface area contributed by atoms with E-state index in [1.165, 1.54) is 43.3 Å². The molecule has 570 valence electrons. The molecule has 6 N–H and O–H groups in total. The number of piperidine rings is 3. The number of carbonyl (C=O) groups is 5. The summed E-state index contributed by atoms with van der Waals surface area (Å²) in [5, 5.41) is 26.5. The number of anilines is 3. The van der Waals surface area contributed by atoms with Crippen molar-refractivity contribution in [2.24, 2.45) is 0 Å². The molecule has 6 aromatic carbocycles. The highest BCUT2D eigenvalue weighted by Gasteiger charge is 2.32. The fraction of sp³-hybridized carbons (Fsp3) is 0.274. The van der Waals surface area contributed by atoms with Crippen LogP contribution in [0, 0.1) is 42.8 Å². The lowest BCUT2D eigenvalue weighted by Crippen LogP contribution is -2.40. The minimum absolute atomic E-state index is 0.0160. The monoisotopic (exact) mass is 1530 g/mol. The number of carbonyl (C=O) groups excluding carboxylic acids is 5. The van der Waals surface area contributed by atoms with Crippen molar-refractivity contribution in [1.82, 2.24) is 73.9 Å². The number of aryl methyl sites for hydroxylation is 5. The highest BCUT2D eigenvalue weighted by Crippen LogP contribution is 2.39. The maximum absolute atomic E-state index is 13.9. The largest absolute Gasteiger partial charge is 0.383 e. The zero-order valence-electron chi connectivity index (χ0n) is 61.8. The average Bonchev–Trinajstić information content (AvgIpc) is 1.61. The Kier molecular flexibility index (Phi) is 23.7. The van der Waals surface area contributed by atoms with E-state index in [1.54, 1.807) is 33.8 Å². The Labute approximate surface area is 648 Å². The van der Waals surface area contributed by atoms with E-state index in [4.69, 9.17) is 44.1 Å². The number of benzene rings is 6. The third-order valence-corrected chi connectivity index (χ3v) is 21.0. The molecule has 0 bridgehead atoms. The van der Waals surface area contributed by atoms with Crippen molar-refractivity contribution in [3.05, 3.63) is 239 Å². The number of nitrogens with zero attached hydrogens (tertiary/aromatic N) is 16. The van der Waals surface area contributed by atoms with Crippen LogP contribution >= 0.6 is 11.6 Å². The number of likely N-dealkylation sites (tertiary alicyclic amines) is 3. The molecule has 0 radical (unpaired) electrons. The van der Waals surface area contributed by atoms with E-state index in [0.29, 0.717) is 154 Å². The molecule has 6 aromatic heterocycles. The molecule has 12 aromatic rings. The number of nitrogen functional groups attached to an aromatic ring is 3. The van der Waals surface area contributed by atoms with Crippen molar-refractivity contribution in [1.29, 1.82) is 5.26 Å². The lowest BCUT2D eigenvalue weighted by atomic mass is 9.98. The zero-order chi connectivity index (χ0) is 78.9. The number of fused-ring (bicyclic) bond motifs is 3. The van der Waals surface area contributed by atoms with Crippen molar-refractivity contribution in [2.75, 3.05) is 56.5 Å². The number of amides is 2. The molecule has 0 spiro atoms. The summed E-state index contributed by atoms with van der Waals surface area (Å²) in [4.78, 5) is 93.6. The number of ketones is 3. The summed E-state index contributed by atoms with van der Waals surface area (Å²) in [7, 11) is 0. The minimum atomic E-state index is -0.727. The summed E-state index contributed by atoms with van der Waals surface area (Å²) in [5.41, 5.74) is 30.6. The molecule has 2 amide bonds. The topological polar surface area (TPSA) is 328 Å². The molecule has 3 atom stereocenters. The van der Waals surface area contributed by atoms with E-state index in [9.17, 15) is 42.4 Å². The molecule has 28 heteroatoms. The summed E-state index contributed by atoms with van der Waals surface area (Å²) < 4.78 is 46.3. The average molecular weight is 1530 g/mol. The van der Waals surface area contributed by atoms with E-state index >= 15 is 0 Å². The molecule has 0 saturated carbocycles. The van der Waals surface area contributed by atoms with Crippen LogP contribution in [0.3, 0.4) is 0 Å². The Hall–Kier alpha value is -12.8. The highest BCUT2D eigenvalue weighted by atomic mass is 35.5. The molecule has 112 heavy (non-hydrogen) atoms. The Morgan fingerprint density at radius 1 is 0.500 bits per heavy atom. The second-order valence-corrected chi connectivity index (χ2v) is 28.4. The SMILES string of the molecule is C=CC(=O)N1CCC[C@@H](n2nc(-c3ccc(CCC(=O)c4c(C)cccc4Cl)cc3)c3c(N)ncnc32)C1.C=CC(=O)N1CCC[C@@H](n2nc(-c3ccc(CCC(=O)c4ccc(F)cc4C)cc3)c3c(N)ncnc32)C1.N#CN1CCC[C@@H](n2nc(-c3ccc(CCC(=O)c4cc(F)ccc4F)cc3)c3c(N)ncnc32)C1. The molecule has 3 aliphatic heterocycles. The van der Waals surface area contributed by atoms with Crippen LogP contribution in [0.2, 0.25) is 5.02 Å². The molecule has 3 fully saturated rings. The first kappa shape index (κ1) is 77.3. The predicted octanol–water partition coefficient (Wildman–Crippen LogP) is 14.2. The third kappa shape index (κ3) is 17.0. The number of nitriles is 1. The van der Waals surface area contributed by atoms with E-state index in [-0.39, 0.29) is 59.3 Å². The van der Waals surface area contributed by atoms with Crippen molar-refractivity contribution < 1.29 is 37.1 Å². The number of halogens is 4. The summed E-state index contributed by atoms with van der Waals surface area (Å²) in [6, 6.07) is 35.8. The fourth-order valence-electron chi connectivity index (χ4n) is 14.9. The van der Waals surface area contributed by atoms with E-state index in [1.807, 2.05) is 106 Å². The molecule has 3 aliphatic rings. The Morgan fingerprint density at radius 2 is 0.902 bits per heavy atom. The Morgan fingerprint density at radius 3 is 1.32 bits per heavy atom. The summed E-state index contributed by atoms with van der Waals surface area (Å²) in [6.45, 7) is 14.6. The Bertz CT molecular complexity index is 5610. The first-order valence-electron chi connectivity index (χ1n) is 36.9. The first-order valence-corrected chi connectivity index (χ1v) is 37.3. The Balaban J connectivity index is 0.000000147. The smallest absolute Gasteiger partial charge is 0.246 e. The lowest BCUT2D eigenvalue weighted by Gasteiger charge is -2.32. The van der Waals surface area contributed by atoms with E-state index in [2.05, 4.69) is 49.3 Å². The van der Waals surface area contributed by atoms with Gasteiger partial charge in [0.25, 0.3) is 0 Å². The maximum Gasteiger partial charge on any atom is 0.246 e. The van der Waals surface area contributed by atoms with Gasteiger partial charge in [-0.2, -0.15) is 20.6 Å². The quantitative estimate of drug-likeness (QED) is 0.0362. The van der Waals surface area contributed by atoms with Crippen LogP contribution in [0.5, 0.6) is 0 Å². The molecule has 15 rings (SSSR count). The number of nitrogens with two attached hydrogens (primary N) is 3. The fourth-order valence-corrected chi connectivity index (χ4v) is 15.2. The first-order chi connectivity index (χ1) is 54.2. The van der Waals surface area contributed by atoms with Gasteiger partial charge in [0, 0.05) is 79.8 Å². The molecular weight excluding hydrogens is 1450 g/mol. The van der Waals surface area contributed by atoms with Gasteiger partial charge < -0.3 is 31.9 Å². The number of hydrogen-bond acceptors (Lipinski definition) is 19. The molecule has 0 unspecified atom stereocenters. The van der Waals surface area contributed by atoms with Gasteiger partial charge in [0.2, 0.25) is 11.8 Å². The minimum Gasteiger partial charge on any atom is -0.383 e. The summed E-state index contributed by atoms with van der Waals surface area (Å²) in [5.74, 6) is -1.31. The van der Waals surface area contributed by atoms with Crippen molar-refractivity contribution in [2.45, 2.75) is 109 Å². The highest BCUT2D eigenvalue weighted by molar-refractivity contribution is 6.34. The zero-order valence-corrected chi connectivity index (χ0v) is 62.6. The van der Waals surface area contributed by atoms with Crippen LogP contribution in [0.4, 0.5) is 30.6 Å². The van der Waals surface area contributed by atoms with Crippen LogP contribution in [-0.4, -0.2) is 142 Å². The second kappa shape index (κ2) is 34.4. The van der Waals surface area contributed by atoms with Crippen molar-refractivity contribution >= 4 is 91.3 Å². The molecule has 3 saturated heterocycles. The van der Waals surface area contributed by atoms with Gasteiger partial charge in [-0.1, -0.05) is 110 Å². The second-order valence-electron chi connectivity index (χ2n) is 28.0. The van der Waals surface area contributed by atoms with Gasteiger partial charge in [0.1, 0.15) is 71.0 Å². The van der Waals surface area contributed by atoms with Crippen molar-refractivity contribution in [3.8, 4) is 40.0 Å². The third-order valence-electron chi connectivity index (χ3n) is 20.7. The lowest BCUT2D eigenvalue weighted by molar-refractivity contribution is -0.128. The van der Waals surface area contributed by atoms with Crippen LogP contribution in [0.1, 0.15) is 135 Å². The van der Waals surface area contributed by atoms with Crippen LogP contribution < -0.4 is 17.2 Å². The van der Waals surface area contributed by atoms with Gasteiger partial charge in [0.15, 0.2) is 40.5 Å². The van der Waals surface area contributed by atoms with Crippen LogP contribution in [0.25, 0.3) is 66.9 Å². The normalized spacial score (nSPS) is 15.6. The molecule has 24 nitrogen and oxygen atoms in total. The maximum atomic E-state index is 13.9. The van der Waals surface area contributed by atoms with Gasteiger partial charge in [-0.15, -0.1) is 0 Å². The summed E-state index contributed by atoms with van der Waals surface area (Å²) >= 11 is 6.27. The van der Waals surface area contributed by atoms with Gasteiger partial charge in [-0.3, -0.25) is 24.0 Å². The van der Waals surface area contributed by atoms with Crippen molar-refractivity contribution in [3.63, 3.8) is 0 Å². The van der Waals surface area contributed by atoms with Crippen LogP contribution in [0.15, 0.2) is 172 Å². The molecule has 0 aliphatic carbocycles. The number of hydrogen-bond donors (Lipinski definition) is 3. The van der Waals surface area contributed by atoms with Gasteiger partial charge in [0.05, 0.1) is 51.4 Å². The number of Topliss-reactive ketones (excluding diaryl/α,β-unsaturated/α-hetero) is 3. The van der Waals surface area contributed by atoms with E-state index in [0.717, 1.165) is 102 Å². The van der Waals surface area contributed by atoms with Gasteiger partial charge >= 0.3 is 0 Å². The van der Waals surface area contributed by atoms with Crippen LogP contribution in [-0.2, 0) is 28.9 Å². The number of rotatable bonds is 20. The molecular formula is C84H81ClF3N19O5. The standard InChI is InChI=1S/C29H29ClN6O2.C29H29FN6O2.C26H23F2N7O/c1-3-24(38)35-15-5-7-21(16-35)36-29-26(28(31)32-17-33-29)27(34-36)20-12-9-19(10-13-20)11-14-23(37)25-18(2)6-4-8-22(25)30;1-3-25(38)35-14-4-5-22(16-35)36-29-26(28(31)32-17-33-29)27(34-36)20-9-6-19(7-10-20)8-13-24(37)23-12-11-21(30)15-18(23)2;27-18-8-9-21(28)20(12-18)22(36)10-5-16-3-6-17(7-4-16)24-23-25(30)31-15-32-26(23)35(33-24)19-2-1-11-34(13-19)14-29/h3-4,6,8-10,12-13,17,21H,1,5,7,11,14-16H2,2H3,(H2,31,32,33);3,6-7,9-12,15,17,22H,1,4-5,8,13-14,16H2,2H3,(H2,31,32,33);3-4,6-9,12,15,19H,1-2,5,10-11,13H2,(H2,30,31,32)/t21-;22-;19-/m111/s1.